The Balaban J connectivity index is 1.08. The Labute approximate surface area is 240 Å². The van der Waals surface area contributed by atoms with Crippen LogP contribution in [-0.2, 0) is 9.59 Å². The summed E-state index contributed by atoms with van der Waals surface area (Å²) in [6.07, 6.45) is 7.87. The minimum Gasteiger partial charge on any atom is -0.360 e. The van der Waals surface area contributed by atoms with E-state index in [0.29, 0.717) is 47.0 Å². The zero-order valence-electron chi connectivity index (χ0n) is 23.4. The van der Waals surface area contributed by atoms with Gasteiger partial charge in [0.15, 0.2) is 11.5 Å². The lowest BCUT2D eigenvalue weighted by molar-refractivity contribution is -0.124. The molecule has 1 aliphatic heterocycles. The van der Waals surface area contributed by atoms with Gasteiger partial charge in [0.05, 0.1) is 11.7 Å². The quantitative estimate of drug-likeness (QED) is 0.303. The fourth-order valence-electron chi connectivity index (χ4n) is 5.24. The summed E-state index contributed by atoms with van der Waals surface area (Å²) < 4.78 is 1.68. The first-order chi connectivity index (χ1) is 20.2. The average molecular weight is 568 g/mol. The minimum absolute atomic E-state index is 0.00479. The monoisotopic (exact) mass is 567 g/mol. The largest absolute Gasteiger partial charge is 0.360 e. The summed E-state index contributed by atoms with van der Waals surface area (Å²) >= 11 is 0. The number of carbonyl (C=O) groups is 3. The highest BCUT2D eigenvalue weighted by Crippen LogP contribution is 2.46. The van der Waals surface area contributed by atoms with E-state index in [-0.39, 0.29) is 42.3 Å². The molecule has 3 aliphatic rings. The molecule has 1 saturated heterocycles. The number of imide groups is 1. The number of carbonyl (C=O) groups excluding carboxylic acids is 3. The number of aryl methyl sites for hydroxylation is 1. The molecular formula is C28H29N11O3. The Morgan fingerprint density at radius 2 is 1.90 bits per heavy atom. The number of likely N-dealkylation sites (N-methyl/N-ethyl adjacent to an activating group) is 1. The number of fused-ring (bicyclic) bond motifs is 1. The molecule has 0 aromatic carbocycles. The lowest BCUT2D eigenvalue weighted by Gasteiger charge is -2.16. The SMILES string of the molecule is Cc1ccnc([C@H]2C[C@@H]2C(=O)Nc2cc(N[C@@H](C)c3nc4c(N5CC(=O)N(C)C5=O)cc(C5CC5)cn4n3)ncn2)n1. The van der Waals surface area contributed by atoms with Crippen LogP contribution in [0, 0.1) is 12.8 Å². The Bertz CT molecular complexity index is 1750. The number of hydrogen-bond acceptors (Lipinski definition) is 10. The first-order valence-corrected chi connectivity index (χ1v) is 13.9. The lowest BCUT2D eigenvalue weighted by atomic mass is 10.1. The second kappa shape index (κ2) is 9.82. The molecule has 3 atom stereocenters. The molecule has 0 unspecified atom stereocenters. The maximum absolute atomic E-state index is 12.9. The first kappa shape index (κ1) is 25.9. The fraction of sp³-hybridized carbons (Fsp3) is 0.393. The van der Waals surface area contributed by atoms with Gasteiger partial charge in [0, 0.05) is 43.0 Å². The molecular weight excluding hydrogens is 538 g/mol. The van der Waals surface area contributed by atoms with Crippen LogP contribution in [0.5, 0.6) is 0 Å². The fourth-order valence-corrected chi connectivity index (χ4v) is 5.24. The van der Waals surface area contributed by atoms with Gasteiger partial charge in [-0.1, -0.05) is 0 Å². The van der Waals surface area contributed by atoms with E-state index in [0.717, 1.165) is 29.0 Å². The van der Waals surface area contributed by atoms with Gasteiger partial charge in [-0.2, -0.15) is 0 Å². The van der Waals surface area contributed by atoms with Crippen molar-refractivity contribution < 1.29 is 14.4 Å². The van der Waals surface area contributed by atoms with E-state index in [9.17, 15) is 14.4 Å². The summed E-state index contributed by atoms with van der Waals surface area (Å²) in [6, 6.07) is 4.68. The normalized spacial score (nSPS) is 20.7. The van der Waals surface area contributed by atoms with Gasteiger partial charge in [0.25, 0.3) is 0 Å². The molecule has 4 aromatic heterocycles. The van der Waals surface area contributed by atoms with Gasteiger partial charge in [-0.3, -0.25) is 19.4 Å². The number of aromatic nitrogens is 7. The molecule has 4 amide bonds. The number of urea groups is 1. The lowest BCUT2D eigenvalue weighted by Crippen LogP contribution is -2.30. The van der Waals surface area contributed by atoms with E-state index in [1.165, 1.54) is 18.3 Å². The molecule has 2 saturated carbocycles. The molecule has 0 spiro atoms. The third-order valence-corrected chi connectivity index (χ3v) is 7.92. The third-order valence-electron chi connectivity index (χ3n) is 7.92. The molecule has 14 heteroatoms. The second-order valence-electron chi connectivity index (χ2n) is 11.1. The first-order valence-electron chi connectivity index (χ1n) is 13.9. The predicted octanol–water partition coefficient (Wildman–Crippen LogP) is 2.81. The van der Waals surface area contributed by atoms with Crippen molar-refractivity contribution in [1.82, 2.24) is 39.4 Å². The minimum atomic E-state index is -0.384. The van der Waals surface area contributed by atoms with Crippen molar-refractivity contribution in [2.45, 2.75) is 51.0 Å². The molecule has 42 heavy (non-hydrogen) atoms. The predicted molar refractivity (Wildman–Crippen MR) is 151 cm³/mol. The maximum Gasteiger partial charge on any atom is 0.331 e. The molecule has 14 nitrogen and oxygen atoms in total. The van der Waals surface area contributed by atoms with Crippen LogP contribution in [0.1, 0.15) is 67.0 Å². The van der Waals surface area contributed by atoms with E-state index in [1.807, 2.05) is 32.2 Å². The summed E-state index contributed by atoms with van der Waals surface area (Å²) in [5, 5.41) is 10.9. The highest BCUT2D eigenvalue weighted by Gasteiger charge is 2.46. The van der Waals surface area contributed by atoms with E-state index in [2.05, 4.69) is 30.6 Å². The number of nitrogens with zero attached hydrogens (tertiary/aromatic N) is 9. The summed E-state index contributed by atoms with van der Waals surface area (Å²) in [6.45, 7) is 3.76. The Hall–Kier alpha value is -5.01. The van der Waals surface area contributed by atoms with Crippen LogP contribution in [-0.4, -0.2) is 70.9 Å². The van der Waals surface area contributed by atoms with E-state index < -0.39 is 0 Å². The van der Waals surface area contributed by atoms with Crippen LogP contribution in [0.4, 0.5) is 22.1 Å². The van der Waals surface area contributed by atoms with Crippen molar-refractivity contribution in [1.29, 1.82) is 0 Å². The van der Waals surface area contributed by atoms with Crippen molar-refractivity contribution in [3.8, 4) is 0 Å². The van der Waals surface area contributed by atoms with E-state index in [4.69, 9.17) is 10.1 Å². The topological polar surface area (TPSA) is 164 Å². The van der Waals surface area contributed by atoms with Gasteiger partial charge < -0.3 is 10.6 Å². The van der Waals surface area contributed by atoms with Gasteiger partial charge in [-0.15, -0.1) is 5.10 Å². The molecule has 5 heterocycles. The van der Waals surface area contributed by atoms with Gasteiger partial charge in [0.2, 0.25) is 11.8 Å². The van der Waals surface area contributed by atoms with Gasteiger partial charge in [-0.05, 0) is 56.7 Å². The van der Waals surface area contributed by atoms with Crippen molar-refractivity contribution in [3.05, 3.63) is 59.8 Å². The van der Waals surface area contributed by atoms with Gasteiger partial charge in [0.1, 0.15) is 30.3 Å². The van der Waals surface area contributed by atoms with Crippen molar-refractivity contribution in [2.75, 3.05) is 29.1 Å². The molecule has 3 fully saturated rings. The van der Waals surface area contributed by atoms with Gasteiger partial charge >= 0.3 is 6.03 Å². The van der Waals surface area contributed by atoms with E-state index >= 15 is 0 Å². The average Bonchev–Trinajstić information content (AvgIpc) is 3.90. The number of nitrogens with one attached hydrogen (secondary N) is 2. The Morgan fingerprint density at radius 1 is 1.10 bits per heavy atom. The zero-order chi connectivity index (χ0) is 29.1. The van der Waals surface area contributed by atoms with Gasteiger partial charge in [-0.25, -0.2) is 34.2 Å². The van der Waals surface area contributed by atoms with Crippen LogP contribution in [0.15, 0.2) is 36.9 Å². The number of rotatable bonds is 8. The zero-order valence-corrected chi connectivity index (χ0v) is 23.4. The molecule has 0 radical (unpaired) electrons. The number of anilines is 3. The molecule has 7 rings (SSSR count). The maximum atomic E-state index is 12.9. The second-order valence-corrected chi connectivity index (χ2v) is 11.1. The summed E-state index contributed by atoms with van der Waals surface area (Å²) in [5.41, 5.74) is 2.99. The molecule has 2 N–H and O–H groups in total. The molecule has 4 aromatic rings. The van der Waals surface area contributed by atoms with Crippen molar-refractivity contribution in [3.63, 3.8) is 0 Å². The van der Waals surface area contributed by atoms with Crippen molar-refractivity contribution in [2.24, 2.45) is 5.92 Å². The standard InChI is InChI=1S/C28H29N11O3/c1-14-6-7-29-25(32-14)18-9-19(18)27(41)34-22-10-21(30-13-31-22)33-15(2)24-35-26-20(38-12-23(40)37(3)28(38)42)8-17(16-4-5-16)11-39(26)36-24/h6-8,10-11,13,15-16,18-19H,4-5,9,12H2,1-3H3,(H2,30,31,33,34,41)/t15-,18-,19-/m0/s1. The summed E-state index contributed by atoms with van der Waals surface area (Å²) in [5.74, 6) is 1.85. The van der Waals surface area contributed by atoms with Crippen LogP contribution >= 0.6 is 0 Å². The van der Waals surface area contributed by atoms with Crippen LogP contribution in [0.3, 0.4) is 0 Å². The molecule has 214 valence electrons. The molecule has 2 aliphatic carbocycles. The number of hydrogen-bond donors (Lipinski definition) is 2. The smallest absolute Gasteiger partial charge is 0.331 e. The number of amides is 4. The summed E-state index contributed by atoms with van der Waals surface area (Å²) in [4.78, 5) is 62.5. The summed E-state index contributed by atoms with van der Waals surface area (Å²) in [7, 11) is 1.48. The van der Waals surface area contributed by atoms with Crippen LogP contribution in [0.25, 0.3) is 5.65 Å². The van der Waals surface area contributed by atoms with E-state index in [1.54, 1.807) is 16.8 Å². The number of pyridine rings is 1. The van der Waals surface area contributed by atoms with Crippen LogP contribution < -0.4 is 15.5 Å². The third kappa shape index (κ3) is 4.78. The van der Waals surface area contributed by atoms with Crippen molar-refractivity contribution >= 4 is 40.8 Å². The van der Waals surface area contributed by atoms with Crippen LogP contribution in [0.2, 0.25) is 0 Å². The Morgan fingerprint density at radius 3 is 2.64 bits per heavy atom. The molecule has 0 bridgehead atoms. The highest BCUT2D eigenvalue weighted by atomic mass is 16.2. The Kier molecular flexibility index (Phi) is 6.06. The highest BCUT2D eigenvalue weighted by molar-refractivity contribution is 6.13.